The van der Waals surface area contributed by atoms with Gasteiger partial charge < -0.3 is 10.2 Å². The lowest BCUT2D eigenvalue weighted by Gasteiger charge is -1.98. The average Bonchev–Trinajstić information content (AvgIpc) is 2.37. The molecule has 0 saturated heterocycles. The predicted octanol–water partition coefficient (Wildman–Crippen LogP) is 1.47. The standard InChI is InChI=1S/C7H9NO/c1-2-7(8)6-3-4-9-5-6/h2-5,7H,1,8H2. The summed E-state index contributed by atoms with van der Waals surface area (Å²) in [6.45, 7) is 3.55. The van der Waals surface area contributed by atoms with Crippen molar-refractivity contribution in [3.8, 4) is 0 Å². The van der Waals surface area contributed by atoms with Crippen LogP contribution < -0.4 is 5.73 Å². The van der Waals surface area contributed by atoms with E-state index in [1.165, 1.54) is 0 Å². The summed E-state index contributed by atoms with van der Waals surface area (Å²) in [6.07, 6.45) is 4.88. The van der Waals surface area contributed by atoms with Gasteiger partial charge in [-0.2, -0.15) is 0 Å². The Kier molecular flexibility index (Phi) is 1.70. The molecule has 0 aliphatic carbocycles. The van der Waals surface area contributed by atoms with Crippen LogP contribution in [0.15, 0.2) is 35.7 Å². The minimum absolute atomic E-state index is 0.0938. The summed E-state index contributed by atoms with van der Waals surface area (Å²) >= 11 is 0. The number of rotatable bonds is 2. The zero-order chi connectivity index (χ0) is 6.69. The SMILES string of the molecule is C=CC(N)c1ccoc1. The molecule has 2 N–H and O–H groups in total. The van der Waals surface area contributed by atoms with Crippen LogP contribution in [-0.2, 0) is 0 Å². The van der Waals surface area contributed by atoms with Crippen molar-refractivity contribution in [2.75, 3.05) is 0 Å². The van der Waals surface area contributed by atoms with E-state index in [9.17, 15) is 0 Å². The molecule has 1 atom stereocenters. The number of nitrogens with two attached hydrogens (primary N) is 1. The highest BCUT2D eigenvalue weighted by Gasteiger charge is 1.99. The quantitative estimate of drug-likeness (QED) is 0.605. The zero-order valence-corrected chi connectivity index (χ0v) is 5.08. The van der Waals surface area contributed by atoms with Gasteiger partial charge >= 0.3 is 0 Å². The molecule has 1 unspecified atom stereocenters. The Bertz CT molecular complexity index is 179. The lowest BCUT2D eigenvalue weighted by molar-refractivity contribution is 0.562. The van der Waals surface area contributed by atoms with Gasteiger partial charge in [-0.1, -0.05) is 6.08 Å². The summed E-state index contributed by atoms with van der Waals surface area (Å²) in [5.41, 5.74) is 6.52. The molecule has 0 bridgehead atoms. The second-order valence-electron chi connectivity index (χ2n) is 1.82. The highest BCUT2D eigenvalue weighted by molar-refractivity contribution is 5.15. The highest BCUT2D eigenvalue weighted by Crippen LogP contribution is 2.09. The van der Waals surface area contributed by atoms with Crippen molar-refractivity contribution in [1.82, 2.24) is 0 Å². The second-order valence-corrected chi connectivity index (χ2v) is 1.82. The van der Waals surface area contributed by atoms with Crippen LogP contribution in [0.4, 0.5) is 0 Å². The molecule has 9 heavy (non-hydrogen) atoms. The first-order valence-electron chi connectivity index (χ1n) is 2.75. The van der Waals surface area contributed by atoms with Crippen LogP contribution in [0.3, 0.4) is 0 Å². The third kappa shape index (κ3) is 1.21. The van der Waals surface area contributed by atoms with E-state index in [4.69, 9.17) is 10.2 Å². The van der Waals surface area contributed by atoms with Crippen LogP contribution in [0.2, 0.25) is 0 Å². The van der Waals surface area contributed by atoms with Gasteiger partial charge in [-0.3, -0.25) is 0 Å². The summed E-state index contributed by atoms with van der Waals surface area (Å²) in [5, 5.41) is 0. The lowest BCUT2D eigenvalue weighted by Crippen LogP contribution is -2.04. The van der Waals surface area contributed by atoms with Crippen molar-refractivity contribution in [3.05, 3.63) is 36.8 Å². The lowest BCUT2D eigenvalue weighted by atomic mass is 10.2. The Labute approximate surface area is 54.0 Å². The van der Waals surface area contributed by atoms with Crippen LogP contribution in [0.5, 0.6) is 0 Å². The fraction of sp³-hybridized carbons (Fsp3) is 0.143. The van der Waals surface area contributed by atoms with Gasteiger partial charge in [0.1, 0.15) is 0 Å². The van der Waals surface area contributed by atoms with Crippen LogP contribution in [0.1, 0.15) is 11.6 Å². The van der Waals surface area contributed by atoms with Crippen molar-refractivity contribution >= 4 is 0 Å². The average molecular weight is 123 g/mol. The monoisotopic (exact) mass is 123 g/mol. The molecule has 1 aromatic rings. The molecule has 1 aromatic heterocycles. The van der Waals surface area contributed by atoms with E-state index >= 15 is 0 Å². The maximum Gasteiger partial charge on any atom is 0.0953 e. The molecule has 0 aromatic carbocycles. The molecule has 0 aliphatic heterocycles. The minimum Gasteiger partial charge on any atom is -0.472 e. The van der Waals surface area contributed by atoms with Crippen molar-refractivity contribution in [2.45, 2.75) is 6.04 Å². The van der Waals surface area contributed by atoms with Crippen LogP contribution >= 0.6 is 0 Å². The second kappa shape index (κ2) is 2.51. The van der Waals surface area contributed by atoms with E-state index in [1.54, 1.807) is 18.6 Å². The first-order valence-corrected chi connectivity index (χ1v) is 2.75. The molecule has 2 heteroatoms. The van der Waals surface area contributed by atoms with Crippen molar-refractivity contribution in [3.63, 3.8) is 0 Å². The molecular formula is C7H9NO. The molecule has 0 fully saturated rings. The molecule has 0 spiro atoms. The number of hydrogen-bond acceptors (Lipinski definition) is 2. The van der Waals surface area contributed by atoms with Gasteiger partial charge in [-0.05, 0) is 6.07 Å². The summed E-state index contributed by atoms with van der Waals surface area (Å²) in [6, 6.07) is 1.73. The van der Waals surface area contributed by atoms with E-state index in [2.05, 4.69) is 6.58 Å². The molecule has 48 valence electrons. The topological polar surface area (TPSA) is 39.2 Å². The van der Waals surface area contributed by atoms with Gasteiger partial charge in [0.15, 0.2) is 0 Å². The molecular weight excluding hydrogens is 114 g/mol. The zero-order valence-electron chi connectivity index (χ0n) is 5.08. The predicted molar refractivity (Wildman–Crippen MR) is 35.8 cm³/mol. The summed E-state index contributed by atoms with van der Waals surface area (Å²) in [4.78, 5) is 0. The first-order chi connectivity index (χ1) is 4.34. The van der Waals surface area contributed by atoms with Crippen molar-refractivity contribution < 1.29 is 4.42 Å². The van der Waals surface area contributed by atoms with Crippen LogP contribution in [-0.4, -0.2) is 0 Å². The normalized spacial score (nSPS) is 13.0. The Morgan fingerprint density at radius 3 is 3.00 bits per heavy atom. The Balaban J connectivity index is 2.76. The largest absolute Gasteiger partial charge is 0.472 e. The van der Waals surface area contributed by atoms with Gasteiger partial charge in [0.25, 0.3) is 0 Å². The number of furan rings is 1. The summed E-state index contributed by atoms with van der Waals surface area (Å²) in [7, 11) is 0. The van der Waals surface area contributed by atoms with E-state index in [-0.39, 0.29) is 6.04 Å². The van der Waals surface area contributed by atoms with Crippen LogP contribution in [0, 0.1) is 0 Å². The van der Waals surface area contributed by atoms with Gasteiger partial charge in [0.05, 0.1) is 18.6 Å². The molecule has 0 radical (unpaired) electrons. The maximum atomic E-state index is 5.56. The Morgan fingerprint density at radius 1 is 1.78 bits per heavy atom. The third-order valence-corrected chi connectivity index (χ3v) is 1.18. The molecule has 0 saturated carbocycles. The summed E-state index contributed by atoms with van der Waals surface area (Å²) < 4.78 is 4.81. The van der Waals surface area contributed by atoms with E-state index in [0.717, 1.165) is 5.56 Å². The Hall–Kier alpha value is -1.02. The molecule has 1 rings (SSSR count). The summed E-state index contributed by atoms with van der Waals surface area (Å²) in [5.74, 6) is 0. The van der Waals surface area contributed by atoms with Gasteiger partial charge in [-0.25, -0.2) is 0 Å². The molecule has 0 amide bonds. The van der Waals surface area contributed by atoms with Crippen LogP contribution in [0.25, 0.3) is 0 Å². The van der Waals surface area contributed by atoms with Crippen molar-refractivity contribution in [2.24, 2.45) is 5.73 Å². The van der Waals surface area contributed by atoms with Gasteiger partial charge in [-0.15, -0.1) is 6.58 Å². The smallest absolute Gasteiger partial charge is 0.0953 e. The van der Waals surface area contributed by atoms with Gasteiger partial charge in [0.2, 0.25) is 0 Å². The van der Waals surface area contributed by atoms with E-state index in [0.29, 0.717) is 0 Å². The molecule has 0 aliphatic rings. The number of hydrogen-bond donors (Lipinski definition) is 1. The molecule has 2 nitrogen and oxygen atoms in total. The first kappa shape index (κ1) is 6.11. The fourth-order valence-corrected chi connectivity index (χ4v) is 0.601. The fourth-order valence-electron chi connectivity index (χ4n) is 0.601. The van der Waals surface area contributed by atoms with Crippen molar-refractivity contribution in [1.29, 1.82) is 0 Å². The van der Waals surface area contributed by atoms with E-state index < -0.39 is 0 Å². The van der Waals surface area contributed by atoms with E-state index in [1.807, 2.05) is 6.07 Å². The third-order valence-electron chi connectivity index (χ3n) is 1.18. The maximum absolute atomic E-state index is 5.56. The van der Waals surface area contributed by atoms with Gasteiger partial charge in [0, 0.05) is 5.56 Å². The minimum atomic E-state index is -0.0938. The molecule has 1 heterocycles. The Morgan fingerprint density at radius 2 is 2.56 bits per heavy atom. The highest BCUT2D eigenvalue weighted by atomic mass is 16.3.